The molecule has 0 N–H and O–H groups in total. The van der Waals surface area contributed by atoms with Gasteiger partial charge >= 0.3 is 5.97 Å². The van der Waals surface area contributed by atoms with Crippen molar-refractivity contribution in [3.8, 4) is 33.7 Å². The molecule has 3 aromatic carbocycles. The Labute approximate surface area is 234 Å². The highest BCUT2D eigenvalue weighted by atomic mass is 16.5. The van der Waals surface area contributed by atoms with Crippen LogP contribution >= 0.6 is 0 Å². The van der Waals surface area contributed by atoms with E-state index in [2.05, 4.69) is 84.9 Å². The molecule has 5 nitrogen and oxygen atoms in total. The first kappa shape index (κ1) is 25.8. The zero-order valence-corrected chi connectivity index (χ0v) is 22.9. The number of aromatic nitrogens is 2. The van der Waals surface area contributed by atoms with Gasteiger partial charge in [0.05, 0.1) is 23.4 Å². The second-order valence-electron chi connectivity index (χ2n) is 10.3. The van der Waals surface area contributed by atoms with Crippen LogP contribution in [-0.4, -0.2) is 22.7 Å². The van der Waals surface area contributed by atoms with Crippen LogP contribution in [0.1, 0.15) is 49.2 Å². The third-order valence-corrected chi connectivity index (χ3v) is 7.77. The highest BCUT2D eigenvalue weighted by Gasteiger charge is 2.52. The number of rotatable bonds is 9. The maximum Gasteiger partial charge on any atom is 0.316 e. The topological polar surface area (TPSA) is 65.2 Å². The zero-order chi connectivity index (χ0) is 27.5. The molecule has 1 saturated carbocycles. The normalized spacial score (nSPS) is 13.7. The minimum atomic E-state index is -0.451. The molecule has 0 saturated heterocycles. The summed E-state index contributed by atoms with van der Waals surface area (Å²) in [5, 5.41) is 4.39. The molecule has 0 spiro atoms. The van der Waals surface area contributed by atoms with E-state index in [1.54, 1.807) is 0 Å². The van der Waals surface area contributed by atoms with E-state index < -0.39 is 5.41 Å². The smallest absolute Gasteiger partial charge is 0.316 e. The van der Waals surface area contributed by atoms with Crippen molar-refractivity contribution in [1.82, 2.24) is 10.1 Å². The lowest BCUT2D eigenvalue weighted by atomic mass is 9.93. The molecule has 0 bridgehead atoms. The van der Waals surface area contributed by atoms with E-state index in [-0.39, 0.29) is 5.97 Å². The summed E-state index contributed by atoms with van der Waals surface area (Å²) in [6, 6.07) is 33.1. The van der Waals surface area contributed by atoms with Gasteiger partial charge in [0.25, 0.3) is 0 Å². The molecular weight excluding hydrogens is 496 g/mol. The first-order valence-electron chi connectivity index (χ1n) is 14.0. The summed E-state index contributed by atoms with van der Waals surface area (Å²) in [5.41, 5.74) is 8.84. The molecule has 200 valence electrons. The van der Waals surface area contributed by atoms with Crippen molar-refractivity contribution < 1.29 is 14.1 Å². The van der Waals surface area contributed by atoms with Crippen LogP contribution in [-0.2, 0) is 27.8 Å². The van der Waals surface area contributed by atoms with Gasteiger partial charge in [-0.05, 0) is 55.0 Å². The number of pyridine rings is 1. The van der Waals surface area contributed by atoms with Crippen molar-refractivity contribution in [2.75, 3.05) is 6.61 Å². The monoisotopic (exact) mass is 528 g/mol. The number of aryl methyl sites for hydroxylation is 1. The van der Waals surface area contributed by atoms with Gasteiger partial charge < -0.3 is 9.26 Å². The molecule has 5 heteroatoms. The maximum absolute atomic E-state index is 12.5. The second kappa shape index (κ2) is 10.9. The van der Waals surface area contributed by atoms with Crippen LogP contribution in [0.25, 0.3) is 33.7 Å². The van der Waals surface area contributed by atoms with Crippen LogP contribution in [0.15, 0.2) is 102 Å². The van der Waals surface area contributed by atoms with Gasteiger partial charge in [-0.2, -0.15) is 0 Å². The summed E-state index contributed by atoms with van der Waals surface area (Å²) in [6.45, 7) is 4.36. The van der Waals surface area contributed by atoms with Crippen molar-refractivity contribution in [2.24, 2.45) is 0 Å². The number of carbonyl (C=O) groups is 1. The lowest BCUT2D eigenvalue weighted by molar-refractivity contribution is -0.146. The Morgan fingerprint density at radius 2 is 1.48 bits per heavy atom. The van der Waals surface area contributed by atoms with Crippen LogP contribution in [0.3, 0.4) is 0 Å². The maximum atomic E-state index is 12.5. The molecule has 6 rings (SSSR count). The van der Waals surface area contributed by atoms with Crippen molar-refractivity contribution >= 4 is 5.97 Å². The van der Waals surface area contributed by atoms with Gasteiger partial charge in [0.15, 0.2) is 5.76 Å². The Bertz CT molecular complexity index is 1620. The predicted molar refractivity (Wildman–Crippen MR) is 157 cm³/mol. The van der Waals surface area contributed by atoms with Crippen molar-refractivity contribution in [1.29, 1.82) is 0 Å². The molecule has 40 heavy (non-hydrogen) atoms. The van der Waals surface area contributed by atoms with Gasteiger partial charge in [-0.1, -0.05) is 97.0 Å². The summed E-state index contributed by atoms with van der Waals surface area (Å²) >= 11 is 0. The number of benzene rings is 3. The largest absolute Gasteiger partial charge is 0.465 e. The fourth-order valence-electron chi connectivity index (χ4n) is 5.36. The Morgan fingerprint density at radius 3 is 2.12 bits per heavy atom. The molecule has 0 atom stereocenters. The van der Waals surface area contributed by atoms with E-state index >= 15 is 0 Å². The summed E-state index contributed by atoms with van der Waals surface area (Å²) in [7, 11) is 0. The number of hydrogen-bond acceptors (Lipinski definition) is 5. The lowest BCUT2D eigenvalue weighted by Gasteiger charge is -2.14. The third kappa shape index (κ3) is 4.95. The van der Waals surface area contributed by atoms with E-state index in [1.165, 1.54) is 0 Å². The summed E-state index contributed by atoms with van der Waals surface area (Å²) in [4.78, 5) is 17.4. The Balaban J connectivity index is 1.24. The molecular formula is C35H32N2O3. The van der Waals surface area contributed by atoms with Gasteiger partial charge in [0.2, 0.25) is 0 Å². The Kier molecular flexibility index (Phi) is 7.04. The van der Waals surface area contributed by atoms with Crippen LogP contribution in [0, 0.1) is 0 Å². The van der Waals surface area contributed by atoms with Crippen LogP contribution in [0.5, 0.6) is 0 Å². The van der Waals surface area contributed by atoms with Gasteiger partial charge in [0.1, 0.15) is 0 Å². The first-order chi connectivity index (χ1) is 19.6. The van der Waals surface area contributed by atoms with E-state index in [4.69, 9.17) is 14.2 Å². The van der Waals surface area contributed by atoms with Gasteiger partial charge in [-0.3, -0.25) is 9.78 Å². The summed E-state index contributed by atoms with van der Waals surface area (Å²) < 4.78 is 11.2. The average molecular weight is 529 g/mol. The lowest BCUT2D eigenvalue weighted by Crippen LogP contribution is -2.23. The number of ether oxygens (including phenoxy) is 1. The number of nitrogens with zero attached hydrogens (tertiary/aromatic N) is 2. The minimum Gasteiger partial charge on any atom is -0.465 e. The van der Waals surface area contributed by atoms with Gasteiger partial charge in [-0.25, -0.2) is 0 Å². The van der Waals surface area contributed by atoms with E-state index in [0.717, 1.165) is 75.5 Å². The molecule has 0 amide bonds. The molecule has 0 radical (unpaired) electrons. The quantitative estimate of drug-likeness (QED) is 0.183. The molecule has 0 aliphatic heterocycles. The van der Waals surface area contributed by atoms with Crippen LogP contribution < -0.4 is 0 Å². The van der Waals surface area contributed by atoms with E-state index in [9.17, 15) is 4.79 Å². The standard InChI is InChI=1S/C35H32N2O3/c1-3-31-30(23-29-11-8-12-32(36-29)26-9-6-5-7-10-26)33(40-37-31)27-15-13-24(14-16-27)25-17-19-28(20-18-25)35(21-22-35)34(38)39-4-2/h5-20H,3-4,21-23H2,1-2H3. The zero-order valence-electron chi connectivity index (χ0n) is 22.9. The average Bonchev–Trinajstić information content (AvgIpc) is 3.73. The van der Waals surface area contributed by atoms with Crippen LogP contribution in [0.4, 0.5) is 0 Å². The number of esters is 1. The Hall–Kier alpha value is -4.51. The molecule has 2 aromatic heterocycles. The van der Waals surface area contributed by atoms with Crippen LogP contribution in [0.2, 0.25) is 0 Å². The second-order valence-corrected chi connectivity index (χ2v) is 10.3. The number of hydrogen-bond donors (Lipinski definition) is 0. The fraction of sp³-hybridized carbons (Fsp3) is 0.229. The fourth-order valence-corrected chi connectivity index (χ4v) is 5.36. The SMILES string of the molecule is CCOC(=O)C1(c2ccc(-c3ccc(-c4onc(CC)c4Cc4cccc(-c5ccccc5)n4)cc3)cc2)CC1. The van der Waals surface area contributed by atoms with Crippen molar-refractivity contribution in [3.63, 3.8) is 0 Å². The molecule has 2 heterocycles. The van der Waals surface area contributed by atoms with E-state index in [1.807, 2.05) is 31.2 Å². The molecule has 1 fully saturated rings. The highest BCUT2D eigenvalue weighted by molar-refractivity contribution is 5.87. The first-order valence-corrected chi connectivity index (χ1v) is 14.0. The highest BCUT2D eigenvalue weighted by Crippen LogP contribution is 2.49. The molecule has 0 unspecified atom stereocenters. The molecule has 5 aromatic rings. The van der Waals surface area contributed by atoms with Crippen molar-refractivity contribution in [3.05, 3.63) is 120 Å². The van der Waals surface area contributed by atoms with Gasteiger partial charge in [0, 0.05) is 28.8 Å². The summed E-state index contributed by atoms with van der Waals surface area (Å²) in [5.74, 6) is 0.680. The van der Waals surface area contributed by atoms with Crippen molar-refractivity contribution in [2.45, 2.75) is 44.9 Å². The Morgan fingerprint density at radius 1 is 0.800 bits per heavy atom. The van der Waals surface area contributed by atoms with Gasteiger partial charge in [-0.15, -0.1) is 0 Å². The molecule has 1 aliphatic rings. The third-order valence-electron chi connectivity index (χ3n) is 7.77. The predicted octanol–water partition coefficient (Wildman–Crippen LogP) is 7.82. The molecule has 1 aliphatic carbocycles. The minimum absolute atomic E-state index is 0.108. The summed E-state index contributed by atoms with van der Waals surface area (Å²) in [6.07, 6.45) is 3.14. The number of carbonyl (C=O) groups excluding carboxylic acids is 1. The van der Waals surface area contributed by atoms with E-state index in [0.29, 0.717) is 13.0 Å².